The van der Waals surface area contributed by atoms with E-state index in [4.69, 9.17) is 0 Å². The van der Waals surface area contributed by atoms with Gasteiger partial charge in [0.1, 0.15) is 0 Å². The van der Waals surface area contributed by atoms with E-state index in [0.717, 1.165) is 22.0 Å². The van der Waals surface area contributed by atoms with Crippen LogP contribution in [0.25, 0.3) is 22.0 Å². The standard InChI is InChI=1S/C14H11NO.C6H7NO2S/c16-14-13(10-6-2-1-3-7-10)11-8-4-5-9-12(11)15-14;8-10(9)7-6-4-2-1-3-5-6/h1-9,15-16H;1-5,7H,(H,8,9)/p-1. The molecule has 1 aromatic heterocycles. The number of aromatic nitrogens is 1. The molecule has 1 unspecified atom stereocenters. The van der Waals surface area contributed by atoms with Gasteiger partial charge in [-0.05, 0) is 23.8 Å². The molecule has 0 amide bonds. The van der Waals surface area contributed by atoms with Crippen molar-refractivity contribution in [1.29, 1.82) is 0 Å². The number of fused-ring (bicyclic) bond motifs is 1. The third-order valence-corrected chi connectivity index (χ3v) is 4.13. The fraction of sp³-hybridized carbons (Fsp3) is 0. The first-order chi connectivity index (χ1) is 12.6. The van der Waals surface area contributed by atoms with Gasteiger partial charge < -0.3 is 19.4 Å². The van der Waals surface area contributed by atoms with Crippen molar-refractivity contribution in [2.24, 2.45) is 0 Å². The molecule has 4 aromatic rings. The Balaban J connectivity index is 0.000000170. The van der Waals surface area contributed by atoms with Gasteiger partial charge in [-0.25, -0.2) is 0 Å². The normalized spacial score (nSPS) is 11.4. The van der Waals surface area contributed by atoms with Crippen LogP contribution in [0.2, 0.25) is 0 Å². The quantitative estimate of drug-likeness (QED) is 0.469. The summed E-state index contributed by atoms with van der Waals surface area (Å²) in [6.07, 6.45) is 0. The minimum atomic E-state index is -2.22. The van der Waals surface area contributed by atoms with E-state index in [-0.39, 0.29) is 5.88 Å². The lowest BCUT2D eigenvalue weighted by atomic mass is 10.0. The molecule has 0 bridgehead atoms. The summed E-state index contributed by atoms with van der Waals surface area (Å²) in [6.45, 7) is 0. The van der Waals surface area contributed by atoms with Crippen molar-refractivity contribution in [3.8, 4) is 17.0 Å². The highest BCUT2D eigenvalue weighted by Crippen LogP contribution is 2.35. The Bertz CT molecular complexity index is 1000. The summed E-state index contributed by atoms with van der Waals surface area (Å²) in [7, 11) is 0. The van der Waals surface area contributed by atoms with Crippen LogP contribution < -0.4 is 4.72 Å². The lowest BCUT2D eigenvalue weighted by Gasteiger charge is -2.06. The highest BCUT2D eigenvalue weighted by Gasteiger charge is 2.11. The van der Waals surface area contributed by atoms with Gasteiger partial charge in [-0.3, -0.25) is 4.21 Å². The third kappa shape index (κ3) is 4.30. The van der Waals surface area contributed by atoms with Crippen molar-refractivity contribution >= 4 is 27.9 Å². The van der Waals surface area contributed by atoms with E-state index in [9.17, 15) is 13.9 Å². The molecule has 1 heterocycles. The molecule has 1 atom stereocenters. The molecule has 3 N–H and O–H groups in total. The topological polar surface area (TPSA) is 88.2 Å². The molecular formula is C20H17N2O3S-. The maximum atomic E-state index is 10.1. The summed E-state index contributed by atoms with van der Waals surface area (Å²) in [5.41, 5.74) is 3.43. The van der Waals surface area contributed by atoms with Gasteiger partial charge in [0.05, 0.1) is 5.56 Å². The molecule has 132 valence electrons. The molecule has 0 spiro atoms. The summed E-state index contributed by atoms with van der Waals surface area (Å²) < 4.78 is 22.3. The molecule has 0 aliphatic carbocycles. The van der Waals surface area contributed by atoms with E-state index in [0.29, 0.717) is 5.69 Å². The largest absolute Gasteiger partial charge is 0.755 e. The van der Waals surface area contributed by atoms with Gasteiger partial charge in [-0.15, -0.1) is 0 Å². The second-order valence-electron chi connectivity index (χ2n) is 5.46. The lowest BCUT2D eigenvalue weighted by Crippen LogP contribution is -2.01. The Morgan fingerprint density at radius 2 is 1.42 bits per heavy atom. The summed E-state index contributed by atoms with van der Waals surface area (Å²) in [5.74, 6) is 0.229. The summed E-state index contributed by atoms with van der Waals surface area (Å²) >= 11 is -2.22. The minimum Gasteiger partial charge on any atom is -0.755 e. The Morgan fingerprint density at radius 1 is 0.846 bits per heavy atom. The maximum absolute atomic E-state index is 10.1. The number of anilines is 1. The van der Waals surface area contributed by atoms with Crippen molar-refractivity contribution in [3.05, 3.63) is 84.9 Å². The predicted octanol–water partition coefficient (Wildman–Crippen LogP) is 4.43. The molecule has 0 aliphatic heterocycles. The van der Waals surface area contributed by atoms with Gasteiger partial charge in [0.2, 0.25) is 0 Å². The molecule has 0 saturated carbocycles. The fourth-order valence-corrected chi connectivity index (χ4v) is 2.96. The number of nitrogens with one attached hydrogen (secondary N) is 2. The highest BCUT2D eigenvalue weighted by molar-refractivity contribution is 7.80. The smallest absolute Gasteiger partial charge is 0.197 e. The third-order valence-electron chi connectivity index (χ3n) is 3.72. The van der Waals surface area contributed by atoms with E-state index in [2.05, 4.69) is 9.71 Å². The first-order valence-corrected chi connectivity index (χ1v) is 8.98. The van der Waals surface area contributed by atoms with Crippen LogP contribution in [0.4, 0.5) is 5.69 Å². The van der Waals surface area contributed by atoms with Crippen molar-refractivity contribution in [2.75, 3.05) is 4.72 Å². The van der Waals surface area contributed by atoms with Gasteiger partial charge >= 0.3 is 0 Å². The van der Waals surface area contributed by atoms with Crippen LogP contribution in [-0.2, 0) is 11.3 Å². The number of H-pyrrole nitrogens is 1. The lowest BCUT2D eigenvalue weighted by molar-refractivity contribution is 0.460. The highest BCUT2D eigenvalue weighted by atomic mass is 32.2. The molecule has 3 aromatic carbocycles. The molecule has 0 saturated heterocycles. The second-order valence-corrected chi connectivity index (χ2v) is 6.14. The number of hydrogen-bond donors (Lipinski definition) is 3. The molecule has 4 rings (SSSR count). The molecule has 0 radical (unpaired) electrons. The Morgan fingerprint density at radius 3 is 2.08 bits per heavy atom. The van der Waals surface area contributed by atoms with Crippen molar-refractivity contribution in [1.82, 2.24) is 4.98 Å². The maximum Gasteiger partial charge on any atom is 0.197 e. The van der Waals surface area contributed by atoms with Crippen LogP contribution in [0.1, 0.15) is 0 Å². The van der Waals surface area contributed by atoms with Crippen LogP contribution >= 0.6 is 0 Å². The Hall–Kier alpha value is -3.09. The molecule has 0 fully saturated rings. The zero-order valence-corrected chi connectivity index (χ0v) is 14.6. The van der Waals surface area contributed by atoms with Crippen LogP contribution in [0.3, 0.4) is 0 Å². The average Bonchev–Trinajstić information content (AvgIpc) is 2.99. The number of para-hydroxylation sites is 2. The van der Waals surface area contributed by atoms with E-state index < -0.39 is 11.3 Å². The first-order valence-electron chi connectivity index (χ1n) is 7.91. The van der Waals surface area contributed by atoms with Crippen LogP contribution in [0.15, 0.2) is 84.9 Å². The number of rotatable bonds is 3. The van der Waals surface area contributed by atoms with Crippen molar-refractivity contribution in [3.63, 3.8) is 0 Å². The van der Waals surface area contributed by atoms with Gasteiger partial charge in [0.25, 0.3) is 0 Å². The summed E-state index contributed by atoms with van der Waals surface area (Å²) in [4.78, 5) is 2.98. The van der Waals surface area contributed by atoms with Crippen molar-refractivity contribution in [2.45, 2.75) is 0 Å². The molecular weight excluding hydrogens is 348 g/mol. The average molecular weight is 365 g/mol. The number of hydrogen-bond acceptors (Lipinski definition) is 3. The van der Waals surface area contributed by atoms with Crippen LogP contribution in [0.5, 0.6) is 5.88 Å². The van der Waals surface area contributed by atoms with E-state index in [1.54, 1.807) is 24.3 Å². The van der Waals surface area contributed by atoms with Gasteiger partial charge in [-0.1, -0.05) is 66.7 Å². The van der Waals surface area contributed by atoms with E-state index in [1.807, 2.05) is 60.7 Å². The summed E-state index contributed by atoms with van der Waals surface area (Å²) in [5, 5.41) is 11.0. The van der Waals surface area contributed by atoms with E-state index in [1.165, 1.54) is 0 Å². The Kier molecular flexibility index (Phi) is 5.68. The molecule has 0 aliphatic rings. The SMILES string of the molecule is O=S([O-])Nc1ccccc1.Oc1[nH]c2ccccc2c1-c1ccccc1. The van der Waals surface area contributed by atoms with Gasteiger partial charge in [0.15, 0.2) is 5.88 Å². The number of aromatic hydroxyl groups is 1. The zero-order valence-electron chi connectivity index (χ0n) is 13.8. The Labute approximate surface area is 153 Å². The predicted molar refractivity (Wildman–Crippen MR) is 104 cm³/mol. The monoisotopic (exact) mass is 365 g/mol. The van der Waals surface area contributed by atoms with Gasteiger partial charge in [-0.2, -0.15) is 0 Å². The van der Waals surface area contributed by atoms with Gasteiger partial charge in [0, 0.05) is 27.9 Å². The summed E-state index contributed by atoms with van der Waals surface area (Å²) in [6, 6.07) is 26.5. The number of aromatic amines is 1. The molecule has 5 nitrogen and oxygen atoms in total. The van der Waals surface area contributed by atoms with E-state index >= 15 is 0 Å². The number of benzene rings is 3. The second kappa shape index (κ2) is 8.33. The zero-order chi connectivity index (χ0) is 18.4. The minimum absolute atomic E-state index is 0.229. The fourth-order valence-electron chi connectivity index (χ4n) is 2.63. The first kappa shape index (κ1) is 17.7. The molecule has 6 heteroatoms. The van der Waals surface area contributed by atoms with Crippen LogP contribution in [0, 0.1) is 0 Å². The molecule has 26 heavy (non-hydrogen) atoms. The van der Waals surface area contributed by atoms with Crippen molar-refractivity contribution < 1.29 is 13.9 Å². The van der Waals surface area contributed by atoms with Crippen LogP contribution in [-0.4, -0.2) is 18.9 Å².